The van der Waals surface area contributed by atoms with E-state index in [4.69, 9.17) is 0 Å². The molecule has 0 saturated heterocycles. The largest absolute Gasteiger partial charge is 0.321 e. The average molecular weight is 199 g/mol. The van der Waals surface area contributed by atoms with Crippen LogP contribution in [-0.4, -0.2) is 25.9 Å². The molecule has 0 aromatic carbocycles. The van der Waals surface area contributed by atoms with Gasteiger partial charge in [0.05, 0.1) is 0 Å². The van der Waals surface area contributed by atoms with E-state index in [1.54, 1.807) is 0 Å². The fourth-order valence-corrected chi connectivity index (χ4v) is 3.23. The quantitative estimate of drug-likeness (QED) is 0.568. The first kappa shape index (κ1) is 12.9. The van der Waals surface area contributed by atoms with E-state index in [0.717, 1.165) is 0 Å². The van der Waals surface area contributed by atoms with E-state index in [-0.39, 0.29) is 0 Å². The molecule has 78 valence electrons. The average Bonchev–Trinajstić information content (AvgIpc) is 2.12. The van der Waals surface area contributed by atoms with E-state index in [0.29, 0.717) is 0 Å². The summed E-state index contributed by atoms with van der Waals surface area (Å²) in [6, 6.07) is 0. The zero-order valence-corrected chi connectivity index (χ0v) is 10.8. The Morgan fingerprint density at radius 2 is 1.77 bits per heavy atom. The third-order valence-corrected chi connectivity index (χ3v) is 5.67. The van der Waals surface area contributed by atoms with Gasteiger partial charge in [0.1, 0.15) is 8.24 Å². The van der Waals surface area contributed by atoms with Gasteiger partial charge in [-0.15, -0.1) is 6.58 Å². The van der Waals surface area contributed by atoms with E-state index in [1.807, 2.05) is 0 Å². The molecule has 0 spiro atoms. The fraction of sp³-hybridized carbons (Fsp3) is 0.818. The molecule has 0 N–H and O–H groups in total. The molecule has 0 aromatic heterocycles. The molecule has 0 aliphatic carbocycles. The van der Waals surface area contributed by atoms with E-state index in [2.05, 4.69) is 43.8 Å². The molecule has 0 heterocycles. The van der Waals surface area contributed by atoms with Gasteiger partial charge in [-0.3, -0.25) is 0 Å². The Kier molecular flexibility index (Phi) is 6.34. The van der Waals surface area contributed by atoms with Gasteiger partial charge in [-0.1, -0.05) is 39.1 Å². The summed E-state index contributed by atoms with van der Waals surface area (Å²) < 4.78 is 2.66. The molecule has 2 heteroatoms. The zero-order valence-electron chi connectivity index (χ0n) is 9.77. The minimum atomic E-state index is -1.27. The van der Waals surface area contributed by atoms with Crippen LogP contribution in [-0.2, 0) is 0 Å². The van der Waals surface area contributed by atoms with Gasteiger partial charge >= 0.3 is 0 Å². The maximum atomic E-state index is 3.96. The molecule has 0 unspecified atom stereocenters. The number of unbranched alkanes of at least 4 members (excludes halogenated alkanes) is 1. The molecule has 0 rings (SSSR count). The lowest BCUT2D eigenvalue weighted by Gasteiger charge is -2.34. The predicted octanol–water partition coefficient (Wildman–Crippen LogP) is 3.43. The van der Waals surface area contributed by atoms with Gasteiger partial charge in [0.25, 0.3) is 0 Å². The summed E-state index contributed by atoms with van der Waals surface area (Å²) in [4.78, 5) is 0. The highest BCUT2D eigenvalue weighted by Crippen LogP contribution is 2.12. The molecule has 0 aliphatic heterocycles. The minimum Gasteiger partial charge on any atom is -0.321 e. The summed E-state index contributed by atoms with van der Waals surface area (Å²) in [5, 5.41) is 0. The van der Waals surface area contributed by atoms with Crippen LogP contribution in [0.3, 0.4) is 0 Å². The van der Waals surface area contributed by atoms with Gasteiger partial charge in [0.2, 0.25) is 0 Å². The van der Waals surface area contributed by atoms with Crippen LogP contribution in [0.4, 0.5) is 0 Å². The molecule has 13 heavy (non-hydrogen) atoms. The predicted molar refractivity (Wildman–Crippen MR) is 64.5 cm³/mol. The standard InChI is InChI=1S/C11H25NSi/c1-6-9-11-12(10-7-2)13(4,5)8-3/h8H,3,6-7,9-11H2,1-2,4-5H3. The molecule has 0 atom stereocenters. The van der Waals surface area contributed by atoms with Crippen LogP contribution in [0, 0.1) is 0 Å². The smallest absolute Gasteiger partial charge is 0.146 e. The van der Waals surface area contributed by atoms with Crippen LogP contribution in [0.25, 0.3) is 0 Å². The monoisotopic (exact) mass is 199 g/mol. The summed E-state index contributed by atoms with van der Waals surface area (Å²) in [6.07, 6.45) is 3.88. The third-order valence-electron chi connectivity index (χ3n) is 2.59. The highest BCUT2D eigenvalue weighted by molar-refractivity contribution is 6.79. The van der Waals surface area contributed by atoms with E-state index >= 15 is 0 Å². The summed E-state index contributed by atoms with van der Waals surface area (Å²) in [5.74, 6) is 0. The van der Waals surface area contributed by atoms with Crippen LogP contribution in [0.15, 0.2) is 12.3 Å². The first-order chi connectivity index (χ1) is 6.08. The van der Waals surface area contributed by atoms with Crippen LogP contribution in [0.5, 0.6) is 0 Å². The molecule has 0 bridgehead atoms. The first-order valence-corrected chi connectivity index (χ1v) is 8.49. The van der Waals surface area contributed by atoms with E-state index in [1.165, 1.54) is 32.4 Å². The molecular weight excluding hydrogens is 174 g/mol. The van der Waals surface area contributed by atoms with Crippen molar-refractivity contribution in [2.45, 2.75) is 46.2 Å². The second-order valence-corrected chi connectivity index (χ2v) is 8.55. The number of hydrogen-bond acceptors (Lipinski definition) is 1. The molecule has 0 aliphatic rings. The molecule has 0 saturated carbocycles. The van der Waals surface area contributed by atoms with Gasteiger partial charge in [-0.2, -0.15) is 0 Å². The molecular formula is C11H25NSi. The van der Waals surface area contributed by atoms with Crippen molar-refractivity contribution in [3.8, 4) is 0 Å². The van der Waals surface area contributed by atoms with Gasteiger partial charge < -0.3 is 4.57 Å². The second kappa shape index (κ2) is 6.38. The van der Waals surface area contributed by atoms with Crippen molar-refractivity contribution in [3.63, 3.8) is 0 Å². The topological polar surface area (TPSA) is 3.24 Å². The highest BCUT2D eigenvalue weighted by Gasteiger charge is 2.24. The van der Waals surface area contributed by atoms with Crippen molar-refractivity contribution in [1.82, 2.24) is 4.57 Å². The van der Waals surface area contributed by atoms with E-state index < -0.39 is 8.24 Å². The van der Waals surface area contributed by atoms with Crippen molar-refractivity contribution in [3.05, 3.63) is 12.3 Å². The highest BCUT2D eigenvalue weighted by atomic mass is 28.3. The summed E-state index contributed by atoms with van der Waals surface area (Å²) in [6.45, 7) is 15.7. The Hall–Kier alpha value is -0.0831. The number of nitrogens with zero attached hydrogens (tertiary/aromatic N) is 1. The Morgan fingerprint density at radius 3 is 2.15 bits per heavy atom. The van der Waals surface area contributed by atoms with Gasteiger partial charge in [0, 0.05) is 0 Å². The maximum absolute atomic E-state index is 3.96. The Morgan fingerprint density at radius 1 is 1.15 bits per heavy atom. The Balaban J connectivity index is 4.13. The van der Waals surface area contributed by atoms with Crippen molar-refractivity contribution < 1.29 is 0 Å². The van der Waals surface area contributed by atoms with Crippen molar-refractivity contribution in [1.29, 1.82) is 0 Å². The zero-order chi connectivity index (χ0) is 10.3. The Labute approximate surface area is 84.9 Å². The molecule has 0 aromatic rings. The van der Waals surface area contributed by atoms with Gasteiger partial charge in [-0.25, -0.2) is 0 Å². The van der Waals surface area contributed by atoms with Crippen LogP contribution in [0.2, 0.25) is 13.1 Å². The van der Waals surface area contributed by atoms with Crippen LogP contribution < -0.4 is 0 Å². The minimum absolute atomic E-state index is 1.24. The van der Waals surface area contributed by atoms with Crippen molar-refractivity contribution in [2.75, 3.05) is 13.1 Å². The van der Waals surface area contributed by atoms with Crippen LogP contribution in [0.1, 0.15) is 33.1 Å². The fourth-order valence-electron chi connectivity index (χ4n) is 1.44. The lowest BCUT2D eigenvalue weighted by Crippen LogP contribution is -2.48. The SMILES string of the molecule is C=C[Si](C)(C)N(CCC)CCCC. The first-order valence-electron chi connectivity index (χ1n) is 5.47. The summed E-state index contributed by atoms with van der Waals surface area (Å²) in [5.41, 5.74) is 2.19. The second-order valence-electron chi connectivity index (χ2n) is 4.20. The third kappa shape index (κ3) is 4.63. The number of hydrogen-bond donors (Lipinski definition) is 0. The van der Waals surface area contributed by atoms with Crippen molar-refractivity contribution in [2.24, 2.45) is 0 Å². The van der Waals surface area contributed by atoms with Gasteiger partial charge in [0.15, 0.2) is 0 Å². The number of rotatable bonds is 7. The molecule has 0 fully saturated rings. The normalized spacial score (nSPS) is 12.1. The molecule has 1 nitrogen and oxygen atoms in total. The lowest BCUT2D eigenvalue weighted by molar-refractivity contribution is 0.414. The van der Waals surface area contributed by atoms with E-state index in [9.17, 15) is 0 Å². The van der Waals surface area contributed by atoms with Crippen LogP contribution >= 0.6 is 0 Å². The molecule has 0 radical (unpaired) electrons. The van der Waals surface area contributed by atoms with Crippen molar-refractivity contribution >= 4 is 8.24 Å². The lowest BCUT2D eigenvalue weighted by atomic mass is 10.3. The summed E-state index contributed by atoms with van der Waals surface area (Å²) in [7, 11) is -1.27. The summed E-state index contributed by atoms with van der Waals surface area (Å²) >= 11 is 0. The Bertz CT molecular complexity index is 143. The maximum Gasteiger partial charge on any atom is 0.146 e. The molecule has 0 amide bonds. The van der Waals surface area contributed by atoms with Gasteiger partial charge in [-0.05, 0) is 25.9 Å².